The summed E-state index contributed by atoms with van der Waals surface area (Å²) in [6, 6.07) is 5.36. The number of hydrogen-bond acceptors (Lipinski definition) is 9. The monoisotopic (exact) mass is 467 g/mol. The third-order valence-electron chi connectivity index (χ3n) is 5.85. The fourth-order valence-electron chi connectivity index (χ4n) is 4.19. The van der Waals surface area contributed by atoms with Crippen molar-refractivity contribution in [3.05, 3.63) is 48.2 Å². The summed E-state index contributed by atoms with van der Waals surface area (Å²) in [6.07, 6.45) is 4.64. The third-order valence-corrected chi connectivity index (χ3v) is 5.85. The summed E-state index contributed by atoms with van der Waals surface area (Å²) in [5, 5.41) is 13.4. The van der Waals surface area contributed by atoms with E-state index in [1.807, 2.05) is 17.0 Å². The molecule has 0 spiro atoms. The number of carbonyl (C=O) groups excluding carboxylic acids is 2. The molecule has 2 aliphatic rings. The van der Waals surface area contributed by atoms with Gasteiger partial charge in [0.1, 0.15) is 12.4 Å². The topological polar surface area (TPSA) is 160 Å². The summed E-state index contributed by atoms with van der Waals surface area (Å²) in [4.78, 5) is 36.8. The summed E-state index contributed by atoms with van der Waals surface area (Å²) in [5.41, 5.74) is 12.3. The number of aromatic nitrogens is 2. The van der Waals surface area contributed by atoms with Crippen LogP contribution in [-0.2, 0) is 16.0 Å². The van der Waals surface area contributed by atoms with Crippen LogP contribution in [0.1, 0.15) is 18.3 Å². The number of carbonyl (C=O) groups is 2. The van der Waals surface area contributed by atoms with Crippen LogP contribution in [0.4, 0.5) is 11.4 Å². The second-order valence-electron chi connectivity index (χ2n) is 8.78. The van der Waals surface area contributed by atoms with Gasteiger partial charge in [-0.25, -0.2) is 9.97 Å². The maximum Gasteiger partial charge on any atom is 0.261 e. The number of nitrogens with one attached hydrogen (secondary N) is 1. The van der Waals surface area contributed by atoms with Gasteiger partial charge in [0.25, 0.3) is 5.91 Å². The molecule has 1 fully saturated rings. The zero-order valence-corrected chi connectivity index (χ0v) is 19.0. The minimum Gasteiger partial charge on any atom is -0.490 e. The van der Waals surface area contributed by atoms with Crippen molar-refractivity contribution in [1.82, 2.24) is 14.9 Å². The lowest BCUT2D eigenvalue weighted by atomic mass is 9.93. The van der Waals surface area contributed by atoms with Crippen molar-refractivity contribution in [3.8, 4) is 5.75 Å². The van der Waals surface area contributed by atoms with Crippen molar-refractivity contribution >= 4 is 28.8 Å². The van der Waals surface area contributed by atoms with Crippen LogP contribution in [0.2, 0.25) is 0 Å². The van der Waals surface area contributed by atoms with E-state index in [2.05, 4.69) is 20.2 Å². The Morgan fingerprint density at radius 3 is 2.59 bits per heavy atom. The molecular weight excluding hydrogens is 438 g/mol. The molecule has 1 atom stereocenters. The summed E-state index contributed by atoms with van der Waals surface area (Å²) >= 11 is 0. The second kappa shape index (κ2) is 9.65. The zero-order chi connectivity index (χ0) is 24.3. The molecule has 0 radical (unpaired) electrons. The number of benzene rings is 1. The molecule has 1 aromatic carbocycles. The summed E-state index contributed by atoms with van der Waals surface area (Å²) in [5.74, 6) is 0.0686. The highest BCUT2D eigenvalue weighted by Crippen LogP contribution is 2.39. The van der Waals surface area contributed by atoms with Crippen LogP contribution in [0.3, 0.4) is 0 Å². The van der Waals surface area contributed by atoms with Gasteiger partial charge in [0, 0.05) is 57.3 Å². The zero-order valence-electron chi connectivity index (χ0n) is 19.0. The number of rotatable bonds is 6. The number of fused-ring (bicyclic) bond motifs is 1. The van der Waals surface area contributed by atoms with Crippen molar-refractivity contribution < 1.29 is 19.4 Å². The fraction of sp³-hybridized carbons (Fsp3) is 0.391. The molecule has 4 rings (SSSR count). The molecule has 1 aromatic heterocycles. The summed E-state index contributed by atoms with van der Waals surface area (Å²) < 4.78 is 5.83. The minimum absolute atomic E-state index is 0.138. The van der Waals surface area contributed by atoms with E-state index in [-0.39, 0.29) is 30.5 Å². The molecule has 0 saturated carbocycles. The molecule has 0 bridgehead atoms. The van der Waals surface area contributed by atoms with Crippen LogP contribution in [-0.4, -0.2) is 76.7 Å². The van der Waals surface area contributed by atoms with E-state index in [1.54, 1.807) is 13.0 Å². The van der Waals surface area contributed by atoms with Gasteiger partial charge in [-0.2, -0.15) is 0 Å². The normalized spacial score (nSPS) is 20.9. The predicted molar refractivity (Wildman–Crippen MR) is 127 cm³/mol. The number of amides is 2. The van der Waals surface area contributed by atoms with Crippen LogP contribution in [0.5, 0.6) is 5.75 Å². The highest BCUT2D eigenvalue weighted by atomic mass is 16.5. The molecule has 0 aliphatic carbocycles. The molecule has 3 heterocycles. The third kappa shape index (κ3) is 5.26. The number of piperazine rings is 1. The lowest BCUT2D eigenvalue weighted by molar-refractivity contribution is -0.119. The molecule has 6 N–H and O–H groups in total. The van der Waals surface area contributed by atoms with Gasteiger partial charge in [-0.05, 0) is 24.6 Å². The Morgan fingerprint density at radius 2 is 1.94 bits per heavy atom. The quantitative estimate of drug-likeness (QED) is 0.419. The molecule has 180 valence electrons. The van der Waals surface area contributed by atoms with Gasteiger partial charge in [0.2, 0.25) is 5.91 Å². The Labute approximate surface area is 197 Å². The van der Waals surface area contributed by atoms with E-state index in [0.29, 0.717) is 44.0 Å². The molecular formula is C23H29N7O4. The van der Waals surface area contributed by atoms with Crippen LogP contribution < -0.4 is 26.4 Å². The molecule has 34 heavy (non-hydrogen) atoms. The lowest BCUT2D eigenvalue weighted by Gasteiger charge is -2.37. The molecule has 11 heteroatoms. The van der Waals surface area contributed by atoms with Gasteiger partial charge < -0.3 is 31.5 Å². The number of aliphatic hydroxyl groups is 1. The number of anilines is 2. The van der Waals surface area contributed by atoms with Gasteiger partial charge in [0.15, 0.2) is 5.82 Å². The summed E-state index contributed by atoms with van der Waals surface area (Å²) in [6.45, 7) is 4.66. The average molecular weight is 468 g/mol. The van der Waals surface area contributed by atoms with Gasteiger partial charge in [-0.15, -0.1) is 0 Å². The fourth-order valence-corrected chi connectivity index (χ4v) is 4.19. The largest absolute Gasteiger partial charge is 0.490 e. The lowest BCUT2D eigenvalue weighted by Crippen LogP contribution is -2.49. The van der Waals surface area contributed by atoms with Crippen LogP contribution in [0.15, 0.2) is 36.8 Å². The maximum atomic E-state index is 13.1. The van der Waals surface area contributed by atoms with Crippen molar-refractivity contribution in [2.24, 2.45) is 11.5 Å². The highest BCUT2D eigenvalue weighted by molar-refractivity contribution is 6.24. The first-order chi connectivity index (χ1) is 16.3. The van der Waals surface area contributed by atoms with Crippen LogP contribution in [0.25, 0.3) is 5.57 Å². The summed E-state index contributed by atoms with van der Waals surface area (Å²) in [7, 11) is 0. The first kappa shape index (κ1) is 23.5. The average Bonchev–Trinajstić information content (AvgIpc) is 2.79. The van der Waals surface area contributed by atoms with E-state index in [1.165, 1.54) is 18.6 Å². The van der Waals surface area contributed by atoms with Gasteiger partial charge >= 0.3 is 0 Å². The standard InChI is InChI=1S/C23H29N7O4/c1-23(33)11-15-9-17(28-22(32)16(12-24)21-26-3-2-4-27-21)18(10-19(15)34-14-23)30-7-5-29(6-8-30)13-20(25)31/h2-4,9-10,12,33H,5-8,11,13-14,24H2,1H3,(H2,25,31)(H,28,32)/b16-12+/t23-/m0/s1. The van der Waals surface area contributed by atoms with Crippen molar-refractivity contribution in [1.29, 1.82) is 0 Å². The Hall–Kier alpha value is -3.70. The van der Waals surface area contributed by atoms with E-state index in [4.69, 9.17) is 16.2 Å². The molecule has 2 aliphatic heterocycles. The van der Waals surface area contributed by atoms with Crippen molar-refractivity contribution in [3.63, 3.8) is 0 Å². The van der Waals surface area contributed by atoms with E-state index >= 15 is 0 Å². The van der Waals surface area contributed by atoms with Crippen LogP contribution >= 0.6 is 0 Å². The predicted octanol–water partition coefficient (Wildman–Crippen LogP) is -0.292. The number of nitrogens with two attached hydrogens (primary N) is 2. The van der Waals surface area contributed by atoms with E-state index in [9.17, 15) is 14.7 Å². The van der Waals surface area contributed by atoms with Gasteiger partial charge in [0.05, 0.1) is 29.1 Å². The van der Waals surface area contributed by atoms with E-state index in [0.717, 1.165) is 11.3 Å². The Balaban J connectivity index is 1.63. The number of primary amides is 1. The van der Waals surface area contributed by atoms with Crippen molar-refractivity contribution in [2.45, 2.75) is 18.9 Å². The number of hydrogen-bond donors (Lipinski definition) is 4. The van der Waals surface area contributed by atoms with Gasteiger partial charge in [-0.3, -0.25) is 14.5 Å². The Bertz CT molecular complexity index is 1100. The SMILES string of the molecule is C[C@@]1(O)COc2cc(N3CCN(CC(N)=O)CC3)c(NC(=O)/C(=C/N)c3ncccn3)cc2C1. The molecule has 11 nitrogen and oxygen atoms in total. The molecule has 2 amide bonds. The van der Waals surface area contributed by atoms with Crippen LogP contribution in [0, 0.1) is 0 Å². The Kier molecular flexibility index (Phi) is 6.66. The highest BCUT2D eigenvalue weighted by Gasteiger charge is 2.31. The van der Waals surface area contributed by atoms with Crippen molar-refractivity contribution in [2.75, 3.05) is 49.5 Å². The number of ether oxygens (including phenoxy) is 1. The maximum absolute atomic E-state index is 13.1. The second-order valence-corrected chi connectivity index (χ2v) is 8.78. The smallest absolute Gasteiger partial charge is 0.261 e. The Morgan fingerprint density at radius 1 is 1.24 bits per heavy atom. The first-order valence-electron chi connectivity index (χ1n) is 11.0. The molecule has 1 saturated heterocycles. The first-order valence-corrected chi connectivity index (χ1v) is 11.0. The molecule has 0 unspecified atom stereocenters. The minimum atomic E-state index is -1.00. The number of nitrogens with zero attached hydrogens (tertiary/aromatic N) is 4. The van der Waals surface area contributed by atoms with Gasteiger partial charge in [-0.1, -0.05) is 0 Å². The van der Waals surface area contributed by atoms with E-state index < -0.39 is 11.5 Å². The molecule has 2 aromatic rings.